The molecular formula is C17H16N4O3. The number of allylic oxidation sites excluding steroid dienone is 1. The third-order valence-corrected chi connectivity index (χ3v) is 3.40. The van der Waals surface area contributed by atoms with Crippen LogP contribution in [0, 0.1) is 18.3 Å². The molecule has 24 heavy (non-hydrogen) atoms. The van der Waals surface area contributed by atoms with Crippen LogP contribution in [0.25, 0.3) is 0 Å². The predicted octanol–water partition coefficient (Wildman–Crippen LogP) is 3.34. The van der Waals surface area contributed by atoms with Gasteiger partial charge in [0.05, 0.1) is 12.8 Å². The van der Waals surface area contributed by atoms with E-state index in [1.165, 1.54) is 20.1 Å². The molecule has 0 aliphatic heterocycles. The third-order valence-electron chi connectivity index (χ3n) is 3.40. The number of nitrogens with zero attached hydrogens (tertiary/aromatic N) is 4. The van der Waals surface area contributed by atoms with Gasteiger partial charge in [-0.2, -0.15) is 10.4 Å². The highest BCUT2D eigenvalue weighted by Gasteiger charge is 2.18. The molecule has 2 aromatic rings. The second-order valence-corrected chi connectivity index (χ2v) is 4.89. The van der Waals surface area contributed by atoms with Crippen molar-refractivity contribution in [3.63, 3.8) is 0 Å². The van der Waals surface area contributed by atoms with Crippen molar-refractivity contribution in [1.29, 1.82) is 5.26 Å². The van der Waals surface area contributed by atoms with Crippen molar-refractivity contribution in [2.24, 2.45) is 10.2 Å². The number of hydrogen-bond donors (Lipinski definition) is 1. The molecule has 1 heterocycles. The number of methoxy groups -OCH3 is 1. The fourth-order valence-corrected chi connectivity index (χ4v) is 2.14. The lowest BCUT2D eigenvalue weighted by Gasteiger charge is -2.11. The van der Waals surface area contributed by atoms with Crippen molar-refractivity contribution >= 4 is 11.4 Å². The smallest absolute Gasteiger partial charge is 0.281 e. The molecule has 0 aliphatic carbocycles. The van der Waals surface area contributed by atoms with Gasteiger partial charge in [-0.15, -0.1) is 11.7 Å². The SMILES string of the molecule is C=CCn1c(O)c(C#N)c(C)c(N=Nc2cccc(OC)c2)c1=O. The molecule has 0 saturated heterocycles. The van der Waals surface area contributed by atoms with Crippen LogP contribution in [0.4, 0.5) is 11.4 Å². The summed E-state index contributed by atoms with van der Waals surface area (Å²) in [6.45, 7) is 5.13. The molecule has 0 bridgehead atoms. The van der Waals surface area contributed by atoms with E-state index >= 15 is 0 Å². The first-order chi connectivity index (χ1) is 11.5. The number of rotatable bonds is 5. The Morgan fingerprint density at radius 2 is 2.21 bits per heavy atom. The van der Waals surface area contributed by atoms with Crippen LogP contribution in [0.2, 0.25) is 0 Å². The highest BCUT2D eigenvalue weighted by Crippen LogP contribution is 2.27. The lowest BCUT2D eigenvalue weighted by atomic mass is 10.1. The summed E-state index contributed by atoms with van der Waals surface area (Å²) in [5.41, 5.74) is 0.197. The predicted molar refractivity (Wildman–Crippen MR) is 89.2 cm³/mol. The van der Waals surface area contributed by atoms with E-state index in [1.54, 1.807) is 24.3 Å². The summed E-state index contributed by atoms with van der Waals surface area (Å²) in [5, 5.41) is 27.3. The Kier molecular flexibility index (Phi) is 5.12. The Labute approximate surface area is 138 Å². The molecule has 0 spiro atoms. The second-order valence-electron chi connectivity index (χ2n) is 4.89. The van der Waals surface area contributed by atoms with E-state index < -0.39 is 11.4 Å². The fourth-order valence-electron chi connectivity index (χ4n) is 2.14. The van der Waals surface area contributed by atoms with Gasteiger partial charge in [0, 0.05) is 18.2 Å². The quantitative estimate of drug-likeness (QED) is 0.673. The molecular weight excluding hydrogens is 308 g/mol. The molecule has 1 N–H and O–H groups in total. The minimum atomic E-state index is -0.546. The van der Waals surface area contributed by atoms with Crippen molar-refractivity contribution in [2.75, 3.05) is 7.11 Å². The highest BCUT2D eigenvalue weighted by atomic mass is 16.5. The first-order valence-corrected chi connectivity index (χ1v) is 7.06. The van der Waals surface area contributed by atoms with Crippen LogP contribution >= 0.6 is 0 Å². The zero-order valence-corrected chi connectivity index (χ0v) is 13.4. The lowest BCUT2D eigenvalue weighted by molar-refractivity contribution is 0.414. The zero-order valence-electron chi connectivity index (χ0n) is 13.4. The van der Waals surface area contributed by atoms with E-state index in [4.69, 9.17) is 4.74 Å². The Morgan fingerprint density at radius 1 is 1.46 bits per heavy atom. The summed E-state index contributed by atoms with van der Waals surface area (Å²) < 4.78 is 6.13. The van der Waals surface area contributed by atoms with Gasteiger partial charge in [0.15, 0.2) is 5.69 Å². The maximum Gasteiger partial charge on any atom is 0.281 e. The summed E-state index contributed by atoms with van der Waals surface area (Å²) in [7, 11) is 1.54. The van der Waals surface area contributed by atoms with Gasteiger partial charge in [-0.1, -0.05) is 12.1 Å². The molecule has 0 aliphatic rings. The van der Waals surface area contributed by atoms with E-state index in [2.05, 4.69) is 16.8 Å². The fraction of sp³-hybridized carbons (Fsp3) is 0.176. The van der Waals surface area contributed by atoms with Crippen LogP contribution < -0.4 is 10.3 Å². The van der Waals surface area contributed by atoms with Crippen LogP contribution in [0.1, 0.15) is 11.1 Å². The molecule has 7 nitrogen and oxygen atoms in total. The van der Waals surface area contributed by atoms with Crippen molar-refractivity contribution in [3.05, 3.63) is 58.4 Å². The van der Waals surface area contributed by atoms with Crippen LogP contribution in [0.15, 0.2) is 51.9 Å². The number of aromatic hydroxyl groups is 1. The second kappa shape index (κ2) is 7.24. The first kappa shape index (κ1) is 17.0. The Morgan fingerprint density at radius 3 is 2.83 bits per heavy atom. The van der Waals surface area contributed by atoms with Gasteiger partial charge in [0.25, 0.3) is 5.56 Å². The van der Waals surface area contributed by atoms with Gasteiger partial charge in [0.1, 0.15) is 17.4 Å². The van der Waals surface area contributed by atoms with E-state index in [9.17, 15) is 15.2 Å². The van der Waals surface area contributed by atoms with Crippen LogP contribution in [-0.4, -0.2) is 16.8 Å². The minimum Gasteiger partial charge on any atom is -0.497 e. The molecule has 0 unspecified atom stereocenters. The first-order valence-electron chi connectivity index (χ1n) is 7.06. The molecule has 1 aromatic heterocycles. The maximum absolute atomic E-state index is 12.5. The van der Waals surface area contributed by atoms with Crippen LogP contribution in [0.5, 0.6) is 11.6 Å². The summed E-state index contributed by atoms with van der Waals surface area (Å²) in [6, 6.07) is 8.75. The highest BCUT2D eigenvalue weighted by molar-refractivity contribution is 5.57. The third kappa shape index (κ3) is 3.17. The van der Waals surface area contributed by atoms with Gasteiger partial charge in [-0.05, 0) is 19.1 Å². The van der Waals surface area contributed by atoms with Gasteiger partial charge in [0.2, 0.25) is 5.88 Å². The number of benzene rings is 1. The summed E-state index contributed by atoms with van der Waals surface area (Å²) in [5.74, 6) is 0.205. The number of aromatic nitrogens is 1. The van der Waals surface area contributed by atoms with Gasteiger partial charge >= 0.3 is 0 Å². The number of hydrogen-bond acceptors (Lipinski definition) is 6. The Bertz CT molecular complexity index is 907. The number of nitriles is 1. The number of pyridine rings is 1. The largest absolute Gasteiger partial charge is 0.497 e. The molecule has 7 heteroatoms. The van der Waals surface area contributed by atoms with Crippen LogP contribution in [0.3, 0.4) is 0 Å². The van der Waals surface area contributed by atoms with E-state index in [-0.39, 0.29) is 23.4 Å². The molecule has 2 rings (SSSR count). The molecule has 0 radical (unpaired) electrons. The monoisotopic (exact) mass is 324 g/mol. The van der Waals surface area contributed by atoms with E-state index in [0.717, 1.165) is 4.57 Å². The number of ether oxygens (including phenoxy) is 1. The number of azo groups is 1. The average Bonchev–Trinajstić information content (AvgIpc) is 2.59. The van der Waals surface area contributed by atoms with Crippen molar-refractivity contribution in [2.45, 2.75) is 13.5 Å². The molecule has 122 valence electrons. The summed E-state index contributed by atoms with van der Waals surface area (Å²) in [6.07, 6.45) is 1.45. The van der Waals surface area contributed by atoms with Crippen molar-refractivity contribution < 1.29 is 9.84 Å². The maximum atomic E-state index is 12.5. The molecule has 1 aromatic carbocycles. The molecule has 0 fully saturated rings. The molecule has 0 amide bonds. The Balaban J connectivity index is 2.59. The molecule has 0 saturated carbocycles. The van der Waals surface area contributed by atoms with Gasteiger partial charge in [-0.3, -0.25) is 9.36 Å². The summed E-state index contributed by atoms with van der Waals surface area (Å²) >= 11 is 0. The van der Waals surface area contributed by atoms with E-state index in [0.29, 0.717) is 11.4 Å². The lowest BCUT2D eigenvalue weighted by Crippen LogP contribution is -2.21. The van der Waals surface area contributed by atoms with Crippen LogP contribution in [-0.2, 0) is 6.54 Å². The minimum absolute atomic E-state index is 0.00554. The average molecular weight is 324 g/mol. The topological polar surface area (TPSA) is 100.0 Å². The zero-order chi connectivity index (χ0) is 17.7. The Hall–Kier alpha value is -3.40. The summed E-state index contributed by atoms with van der Waals surface area (Å²) in [4.78, 5) is 12.5. The van der Waals surface area contributed by atoms with Gasteiger partial charge in [-0.25, -0.2) is 0 Å². The van der Waals surface area contributed by atoms with Gasteiger partial charge < -0.3 is 9.84 Å². The normalized spacial score (nSPS) is 10.5. The van der Waals surface area contributed by atoms with Crippen molar-refractivity contribution in [3.8, 4) is 17.7 Å². The van der Waals surface area contributed by atoms with Crippen molar-refractivity contribution in [1.82, 2.24) is 4.57 Å². The molecule has 0 atom stereocenters. The standard InChI is InChI=1S/C17H16N4O3/c1-4-8-21-16(22)14(10-18)11(2)15(17(21)23)20-19-12-6-5-7-13(9-12)24-3/h4-7,9,22H,1,8H2,2-3H3. The van der Waals surface area contributed by atoms with E-state index in [1.807, 2.05) is 6.07 Å².